The van der Waals surface area contributed by atoms with Crippen molar-refractivity contribution in [1.82, 2.24) is 0 Å². The van der Waals surface area contributed by atoms with E-state index in [0.717, 1.165) is 17.0 Å². The third kappa shape index (κ3) is 4.27. The van der Waals surface area contributed by atoms with Crippen LogP contribution >= 0.6 is 15.9 Å². The number of hydrogen-bond donors (Lipinski definition) is 0. The summed E-state index contributed by atoms with van der Waals surface area (Å²) < 4.78 is 29.0. The van der Waals surface area contributed by atoms with E-state index in [4.69, 9.17) is 4.74 Å². The van der Waals surface area contributed by atoms with E-state index in [1.54, 1.807) is 30.3 Å². The standard InChI is InChI=1S/C19H15BrO4S/c1-25(22,23)12-13-5-4-7-15(11-13)19(21)24-17-10-9-14-6-2-3-8-16(14)18(17)20/h2-11H,12H2,1H3. The molecule has 4 nitrogen and oxygen atoms in total. The second kappa shape index (κ2) is 6.98. The maximum Gasteiger partial charge on any atom is 0.343 e. The van der Waals surface area contributed by atoms with E-state index in [-0.39, 0.29) is 5.75 Å². The summed E-state index contributed by atoms with van der Waals surface area (Å²) in [6.07, 6.45) is 1.16. The number of fused-ring (bicyclic) bond motifs is 1. The van der Waals surface area contributed by atoms with Crippen molar-refractivity contribution in [3.63, 3.8) is 0 Å². The molecule has 0 heterocycles. The van der Waals surface area contributed by atoms with Gasteiger partial charge in [-0.2, -0.15) is 0 Å². The van der Waals surface area contributed by atoms with Crippen molar-refractivity contribution >= 4 is 42.5 Å². The summed E-state index contributed by atoms with van der Waals surface area (Å²) in [5.74, 6) is -0.239. The van der Waals surface area contributed by atoms with E-state index in [0.29, 0.717) is 21.3 Å². The first-order valence-corrected chi connectivity index (χ1v) is 10.3. The molecule has 0 spiro atoms. The fraction of sp³-hybridized carbons (Fsp3) is 0.105. The number of ether oxygens (including phenoxy) is 1. The van der Waals surface area contributed by atoms with Crippen LogP contribution in [0.3, 0.4) is 0 Å². The van der Waals surface area contributed by atoms with Crippen LogP contribution in [0.15, 0.2) is 65.1 Å². The van der Waals surface area contributed by atoms with Gasteiger partial charge in [-0.05, 0) is 50.5 Å². The molecule has 0 aliphatic carbocycles. The fourth-order valence-corrected chi connectivity index (χ4v) is 3.90. The number of halogens is 1. The number of sulfone groups is 1. The van der Waals surface area contributed by atoms with Crippen LogP contribution in [0, 0.1) is 0 Å². The van der Waals surface area contributed by atoms with Crippen molar-refractivity contribution in [1.29, 1.82) is 0 Å². The molecule has 6 heteroatoms. The first-order valence-electron chi connectivity index (χ1n) is 7.49. The van der Waals surface area contributed by atoms with Gasteiger partial charge in [0.1, 0.15) is 5.75 Å². The largest absolute Gasteiger partial charge is 0.422 e. The monoisotopic (exact) mass is 418 g/mol. The third-order valence-corrected chi connectivity index (χ3v) is 5.30. The maximum atomic E-state index is 12.4. The Kier molecular flexibility index (Phi) is 4.92. The quantitative estimate of drug-likeness (QED) is 0.466. The highest BCUT2D eigenvalue weighted by Crippen LogP contribution is 2.33. The minimum atomic E-state index is -3.17. The number of carbonyl (C=O) groups excluding carboxylic acids is 1. The van der Waals surface area contributed by atoms with Crippen molar-refractivity contribution in [2.75, 3.05) is 6.26 Å². The summed E-state index contributed by atoms with van der Waals surface area (Å²) in [6, 6.07) is 17.8. The number of esters is 1. The van der Waals surface area contributed by atoms with Gasteiger partial charge < -0.3 is 4.74 Å². The lowest BCUT2D eigenvalue weighted by atomic mass is 10.1. The Hall–Kier alpha value is -2.18. The first kappa shape index (κ1) is 17.6. The van der Waals surface area contributed by atoms with Crippen LogP contribution in [0.2, 0.25) is 0 Å². The Bertz CT molecular complexity index is 1060. The highest BCUT2D eigenvalue weighted by molar-refractivity contribution is 9.10. The second-order valence-corrected chi connectivity index (χ2v) is 8.69. The highest BCUT2D eigenvalue weighted by Gasteiger charge is 2.14. The van der Waals surface area contributed by atoms with Crippen LogP contribution in [-0.4, -0.2) is 20.6 Å². The predicted molar refractivity (Wildman–Crippen MR) is 102 cm³/mol. The summed E-state index contributed by atoms with van der Waals surface area (Å²) in [6.45, 7) is 0. The topological polar surface area (TPSA) is 60.4 Å². The Morgan fingerprint density at radius 2 is 1.80 bits per heavy atom. The molecule has 0 radical (unpaired) electrons. The minimum absolute atomic E-state index is 0.117. The molecule has 0 N–H and O–H groups in total. The molecule has 0 amide bonds. The Labute approximate surface area is 154 Å². The van der Waals surface area contributed by atoms with Crippen LogP contribution in [0.5, 0.6) is 5.75 Å². The molecule has 25 heavy (non-hydrogen) atoms. The van der Waals surface area contributed by atoms with Crippen molar-refractivity contribution in [2.45, 2.75) is 5.75 Å². The average Bonchev–Trinajstić information content (AvgIpc) is 2.56. The smallest absolute Gasteiger partial charge is 0.343 e. The second-order valence-electron chi connectivity index (χ2n) is 5.76. The number of benzene rings is 3. The van der Waals surface area contributed by atoms with Gasteiger partial charge in [0.2, 0.25) is 0 Å². The molecule has 0 aliphatic heterocycles. The number of hydrogen-bond acceptors (Lipinski definition) is 4. The molecule has 0 unspecified atom stereocenters. The number of carbonyl (C=O) groups is 1. The maximum absolute atomic E-state index is 12.4. The zero-order valence-electron chi connectivity index (χ0n) is 13.4. The van der Waals surface area contributed by atoms with Gasteiger partial charge in [-0.1, -0.05) is 42.5 Å². The molecule has 128 valence electrons. The summed E-state index contributed by atoms with van der Waals surface area (Å²) in [4.78, 5) is 12.4. The van der Waals surface area contributed by atoms with Crippen molar-refractivity contribution < 1.29 is 17.9 Å². The van der Waals surface area contributed by atoms with Gasteiger partial charge in [-0.3, -0.25) is 0 Å². The number of rotatable bonds is 4. The summed E-state index contributed by atoms with van der Waals surface area (Å²) >= 11 is 3.48. The predicted octanol–water partition coefficient (Wildman–Crippen LogP) is 4.37. The minimum Gasteiger partial charge on any atom is -0.422 e. The van der Waals surface area contributed by atoms with Crippen LogP contribution < -0.4 is 4.74 Å². The molecular formula is C19H15BrO4S. The van der Waals surface area contributed by atoms with E-state index < -0.39 is 15.8 Å². The lowest BCUT2D eigenvalue weighted by molar-refractivity contribution is 0.0733. The molecule has 0 aromatic heterocycles. The van der Waals surface area contributed by atoms with Gasteiger partial charge >= 0.3 is 5.97 Å². The normalized spacial score (nSPS) is 11.4. The molecular weight excluding hydrogens is 404 g/mol. The van der Waals surface area contributed by atoms with E-state index in [1.807, 2.05) is 30.3 Å². The molecule has 0 bridgehead atoms. The van der Waals surface area contributed by atoms with Gasteiger partial charge in [-0.25, -0.2) is 13.2 Å². The van der Waals surface area contributed by atoms with E-state index in [9.17, 15) is 13.2 Å². The van der Waals surface area contributed by atoms with Gasteiger partial charge in [0.05, 0.1) is 15.8 Å². The average molecular weight is 419 g/mol. The van der Waals surface area contributed by atoms with Crippen molar-refractivity contribution in [3.05, 3.63) is 76.3 Å². The fourth-order valence-electron chi connectivity index (χ4n) is 2.54. The van der Waals surface area contributed by atoms with Gasteiger partial charge in [0.25, 0.3) is 0 Å². The Morgan fingerprint density at radius 1 is 1.04 bits per heavy atom. The third-order valence-electron chi connectivity index (χ3n) is 3.62. The summed E-state index contributed by atoms with van der Waals surface area (Å²) in [7, 11) is -3.17. The van der Waals surface area contributed by atoms with Crippen molar-refractivity contribution in [2.24, 2.45) is 0 Å². The van der Waals surface area contributed by atoms with Crippen LogP contribution in [0.4, 0.5) is 0 Å². The summed E-state index contributed by atoms with van der Waals surface area (Å²) in [5, 5.41) is 1.97. The highest BCUT2D eigenvalue weighted by atomic mass is 79.9. The van der Waals surface area contributed by atoms with Gasteiger partial charge in [-0.15, -0.1) is 0 Å². The first-order chi connectivity index (χ1) is 11.8. The van der Waals surface area contributed by atoms with E-state index in [2.05, 4.69) is 15.9 Å². The summed E-state index contributed by atoms with van der Waals surface area (Å²) in [5.41, 5.74) is 0.857. The molecule has 3 aromatic rings. The lowest BCUT2D eigenvalue weighted by Gasteiger charge is -2.09. The van der Waals surface area contributed by atoms with Crippen LogP contribution in [-0.2, 0) is 15.6 Å². The van der Waals surface area contributed by atoms with E-state index in [1.165, 1.54) is 0 Å². The molecule has 0 atom stereocenters. The van der Waals surface area contributed by atoms with Crippen LogP contribution in [0.25, 0.3) is 10.8 Å². The van der Waals surface area contributed by atoms with Crippen LogP contribution in [0.1, 0.15) is 15.9 Å². The zero-order chi connectivity index (χ0) is 18.0. The van der Waals surface area contributed by atoms with Crippen molar-refractivity contribution in [3.8, 4) is 5.75 Å². The molecule has 0 fully saturated rings. The molecule has 0 aliphatic rings. The van der Waals surface area contributed by atoms with Gasteiger partial charge in [0.15, 0.2) is 9.84 Å². The Morgan fingerprint density at radius 3 is 2.56 bits per heavy atom. The molecule has 3 aromatic carbocycles. The molecule has 0 saturated heterocycles. The zero-order valence-corrected chi connectivity index (χ0v) is 15.8. The van der Waals surface area contributed by atoms with Gasteiger partial charge in [0, 0.05) is 6.26 Å². The molecule has 3 rings (SSSR count). The van der Waals surface area contributed by atoms with E-state index >= 15 is 0 Å². The Balaban J connectivity index is 1.88. The SMILES string of the molecule is CS(=O)(=O)Cc1cccc(C(=O)Oc2ccc3ccccc3c2Br)c1. The lowest BCUT2D eigenvalue weighted by Crippen LogP contribution is -2.10. The molecule has 0 saturated carbocycles.